The standard InChI is InChI=1S/C20H18BrF2N3S2/c21-9-3-1-2-4-10-26-24-19-15(13-7-5-11-27-13)17(22)18(23)16(20(19)25-26)14-8-6-12-28-14/h5-8,11-12H,1-4,9-10H2. The van der Waals surface area contributed by atoms with E-state index in [9.17, 15) is 0 Å². The quantitative estimate of drug-likeness (QED) is 0.198. The maximum absolute atomic E-state index is 15.1. The maximum atomic E-state index is 15.1. The second-order valence-corrected chi connectivity index (χ2v) is 9.12. The van der Waals surface area contributed by atoms with E-state index in [4.69, 9.17) is 0 Å². The van der Waals surface area contributed by atoms with Crippen molar-refractivity contribution in [3.63, 3.8) is 0 Å². The molecular formula is C20H18BrF2N3S2. The third-order valence-corrected chi connectivity index (χ3v) is 6.87. The third-order valence-electron chi connectivity index (χ3n) is 4.54. The lowest BCUT2D eigenvalue weighted by molar-refractivity contribution is 0.496. The molecule has 0 saturated carbocycles. The first-order valence-corrected chi connectivity index (χ1v) is 12.0. The fraction of sp³-hybridized carbons (Fsp3) is 0.300. The number of halogens is 3. The van der Waals surface area contributed by atoms with E-state index in [1.54, 1.807) is 16.9 Å². The van der Waals surface area contributed by atoms with Gasteiger partial charge < -0.3 is 0 Å². The van der Waals surface area contributed by atoms with Gasteiger partial charge in [0.25, 0.3) is 0 Å². The summed E-state index contributed by atoms with van der Waals surface area (Å²) in [4.78, 5) is 2.90. The molecule has 0 unspecified atom stereocenters. The zero-order valence-corrected chi connectivity index (χ0v) is 18.2. The van der Waals surface area contributed by atoms with Gasteiger partial charge in [0.15, 0.2) is 11.6 Å². The highest BCUT2D eigenvalue weighted by atomic mass is 79.9. The Hall–Kier alpha value is -1.64. The topological polar surface area (TPSA) is 30.7 Å². The molecule has 4 aromatic rings. The Kier molecular flexibility index (Phi) is 6.18. The minimum atomic E-state index is -0.859. The lowest BCUT2D eigenvalue weighted by Gasteiger charge is -2.07. The maximum Gasteiger partial charge on any atom is 0.170 e. The number of benzene rings is 1. The van der Waals surface area contributed by atoms with Crippen LogP contribution in [0.4, 0.5) is 8.78 Å². The van der Waals surface area contributed by atoms with Crippen LogP contribution in [0.15, 0.2) is 35.0 Å². The molecule has 0 bridgehead atoms. The molecule has 0 N–H and O–H groups in total. The van der Waals surface area contributed by atoms with Crippen LogP contribution in [0.1, 0.15) is 25.7 Å². The van der Waals surface area contributed by atoms with Crippen molar-refractivity contribution < 1.29 is 8.78 Å². The second-order valence-electron chi connectivity index (χ2n) is 6.43. The number of nitrogens with zero attached hydrogens (tertiary/aromatic N) is 3. The molecule has 3 nitrogen and oxygen atoms in total. The first-order chi connectivity index (χ1) is 13.7. The molecule has 3 heterocycles. The molecule has 0 saturated heterocycles. The van der Waals surface area contributed by atoms with Crippen molar-refractivity contribution in [1.29, 1.82) is 0 Å². The largest absolute Gasteiger partial charge is 0.203 e. The zero-order valence-electron chi connectivity index (χ0n) is 15.0. The lowest BCUT2D eigenvalue weighted by atomic mass is 10.0. The van der Waals surface area contributed by atoms with Gasteiger partial charge in [-0.25, -0.2) is 8.78 Å². The van der Waals surface area contributed by atoms with Gasteiger partial charge in [-0.3, -0.25) is 0 Å². The van der Waals surface area contributed by atoms with Crippen LogP contribution in [0, 0.1) is 11.6 Å². The number of rotatable bonds is 8. The fourth-order valence-corrected chi connectivity index (χ4v) is 5.13. The third kappa shape index (κ3) is 3.77. The average molecular weight is 482 g/mol. The van der Waals surface area contributed by atoms with Crippen molar-refractivity contribution in [2.45, 2.75) is 32.2 Å². The van der Waals surface area contributed by atoms with Crippen LogP contribution >= 0.6 is 38.6 Å². The number of aromatic nitrogens is 3. The predicted molar refractivity (Wildman–Crippen MR) is 116 cm³/mol. The van der Waals surface area contributed by atoms with Crippen LogP contribution in [-0.2, 0) is 6.54 Å². The summed E-state index contributed by atoms with van der Waals surface area (Å²) in [5, 5.41) is 13.8. The predicted octanol–water partition coefficient (Wildman–Crippen LogP) is 7.12. The Bertz CT molecular complexity index is 982. The van der Waals surface area contributed by atoms with Crippen LogP contribution in [-0.4, -0.2) is 20.3 Å². The van der Waals surface area contributed by atoms with Crippen LogP contribution in [0.5, 0.6) is 0 Å². The molecule has 0 spiro atoms. The molecule has 0 aliphatic rings. The van der Waals surface area contributed by atoms with Crippen LogP contribution in [0.25, 0.3) is 31.9 Å². The molecule has 8 heteroatoms. The number of alkyl halides is 1. The molecule has 3 aromatic heterocycles. The second kappa shape index (κ2) is 8.80. The molecule has 0 radical (unpaired) electrons. The number of thiophene rings is 2. The molecule has 0 aliphatic heterocycles. The summed E-state index contributed by atoms with van der Waals surface area (Å²) in [6.07, 6.45) is 4.27. The van der Waals surface area contributed by atoms with Gasteiger partial charge in [0.1, 0.15) is 11.0 Å². The van der Waals surface area contributed by atoms with Crippen molar-refractivity contribution in [1.82, 2.24) is 15.0 Å². The van der Waals surface area contributed by atoms with Crippen molar-refractivity contribution >= 4 is 49.6 Å². The van der Waals surface area contributed by atoms with Crippen molar-refractivity contribution in [3.8, 4) is 20.9 Å². The van der Waals surface area contributed by atoms with Gasteiger partial charge in [0, 0.05) is 15.1 Å². The van der Waals surface area contributed by atoms with Crippen LogP contribution in [0.3, 0.4) is 0 Å². The Balaban J connectivity index is 1.81. The van der Waals surface area contributed by atoms with E-state index in [0.29, 0.717) is 27.3 Å². The highest BCUT2D eigenvalue weighted by molar-refractivity contribution is 9.09. The Morgan fingerprint density at radius 2 is 1.36 bits per heavy atom. The van der Waals surface area contributed by atoms with Crippen molar-refractivity contribution in [2.75, 3.05) is 5.33 Å². The summed E-state index contributed by atoms with van der Waals surface area (Å²) in [5.74, 6) is -1.72. The molecular weight excluding hydrogens is 464 g/mol. The molecule has 0 amide bonds. The molecule has 0 aliphatic carbocycles. The minimum Gasteiger partial charge on any atom is -0.203 e. The summed E-state index contributed by atoms with van der Waals surface area (Å²) < 4.78 is 30.2. The lowest BCUT2D eigenvalue weighted by Crippen LogP contribution is -2.02. The Morgan fingerprint density at radius 1 is 0.821 bits per heavy atom. The zero-order chi connectivity index (χ0) is 19.5. The molecule has 28 heavy (non-hydrogen) atoms. The smallest absolute Gasteiger partial charge is 0.170 e. The summed E-state index contributed by atoms with van der Waals surface area (Å²) >= 11 is 6.17. The van der Waals surface area contributed by atoms with Crippen LogP contribution < -0.4 is 0 Å². The number of fused-ring (bicyclic) bond motifs is 1. The Morgan fingerprint density at radius 3 is 1.82 bits per heavy atom. The molecule has 1 aromatic carbocycles. The van der Waals surface area contributed by atoms with E-state index < -0.39 is 11.6 Å². The van der Waals surface area contributed by atoms with E-state index in [2.05, 4.69) is 26.1 Å². The van der Waals surface area contributed by atoms with E-state index in [1.807, 2.05) is 22.9 Å². The molecule has 0 atom stereocenters. The number of aryl methyl sites for hydroxylation is 1. The Labute approximate surface area is 178 Å². The SMILES string of the molecule is Fc1c(F)c(-c2cccs2)c2nn(CCCCCCBr)nc2c1-c1cccs1. The van der Waals surface area contributed by atoms with Gasteiger partial charge in [-0.15, -0.1) is 22.7 Å². The van der Waals surface area contributed by atoms with Gasteiger partial charge in [-0.1, -0.05) is 40.9 Å². The first-order valence-electron chi connectivity index (χ1n) is 9.10. The number of hydrogen-bond donors (Lipinski definition) is 0. The van der Waals surface area contributed by atoms with Gasteiger partial charge in [-0.05, 0) is 35.7 Å². The average Bonchev–Trinajstić information content (AvgIpc) is 3.44. The van der Waals surface area contributed by atoms with Gasteiger partial charge >= 0.3 is 0 Å². The van der Waals surface area contributed by atoms with Crippen LogP contribution in [0.2, 0.25) is 0 Å². The highest BCUT2D eigenvalue weighted by Crippen LogP contribution is 2.41. The number of hydrogen-bond acceptors (Lipinski definition) is 4. The van der Waals surface area contributed by atoms with E-state index >= 15 is 8.78 Å². The fourth-order valence-electron chi connectivity index (χ4n) is 3.20. The molecule has 0 fully saturated rings. The first kappa shape index (κ1) is 19.7. The summed E-state index contributed by atoms with van der Waals surface area (Å²) in [6, 6.07) is 7.22. The number of unbranched alkanes of at least 4 members (excludes halogenated alkanes) is 3. The van der Waals surface area contributed by atoms with Crippen molar-refractivity contribution in [3.05, 3.63) is 46.7 Å². The highest BCUT2D eigenvalue weighted by Gasteiger charge is 2.26. The summed E-state index contributed by atoms with van der Waals surface area (Å²) in [7, 11) is 0. The van der Waals surface area contributed by atoms with Gasteiger partial charge in [0.05, 0.1) is 17.7 Å². The van der Waals surface area contributed by atoms with E-state index in [0.717, 1.165) is 31.0 Å². The molecule has 146 valence electrons. The monoisotopic (exact) mass is 481 g/mol. The minimum absolute atomic E-state index is 0.202. The van der Waals surface area contributed by atoms with E-state index in [1.165, 1.54) is 22.7 Å². The molecule has 4 rings (SSSR count). The van der Waals surface area contributed by atoms with Crippen molar-refractivity contribution in [2.24, 2.45) is 0 Å². The van der Waals surface area contributed by atoms with E-state index in [-0.39, 0.29) is 11.1 Å². The van der Waals surface area contributed by atoms with Gasteiger partial charge in [0.2, 0.25) is 0 Å². The summed E-state index contributed by atoms with van der Waals surface area (Å²) in [6.45, 7) is 0.633. The normalized spacial score (nSPS) is 11.5. The van der Waals surface area contributed by atoms with Gasteiger partial charge in [-0.2, -0.15) is 15.0 Å². The summed E-state index contributed by atoms with van der Waals surface area (Å²) in [5.41, 5.74) is 1.25.